The van der Waals surface area contributed by atoms with Crippen molar-refractivity contribution in [1.29, 1.82) is 0 Å². The van der Waals surface area contributed by atoms with Crippen LogP contribution in [0, 0.1) is 0 Å². The summed E-state index contributed by atoms with van der Waals surface area (Å²) in [6, 6.07) is 11.6. The third kappa shape index (κ3) is 3.20. The lowest BCUT2D eigenvalue weighted by Crippen LogP contribution is -2.28. The van der Waals surface area contributed by atoms with Crippen molar-refractivity contribution in [3.63, 3.8) is 0 Å². The largest absolute Gasteiger partial charge is 0.478 e. The molecule has 0 saturated carbocycles. The molecule has 2 heterocycles. The highest BCUT2D eigenvalue weighted by Gasteiger charge is 2.27. The van der Waals surface area contributed by atoms with Gasteiger partial charge in [0.1, 0.15) is 0 Å². The van der Waals surface area contributed by atoms with Crippen molar-refractivity contribution >= 4 is 34.6 Å². The van der Waals surface area contributed by atoms with Gasteiger partial charge in [-0.15, -0.1) is 0 Å². The van der Waals surface area contributed by atoms with Gasteiger partial charge in [-0.3, -0.25) is 0 Å². The molecule has 1 aliphatic rings. The predicted molar refractivity (Wildman–Crippen MR) is 107 cm³/mol. The maximum absolute atomic E-state index is 11.7. The summed E-state index contributed by atoms with van der Waals surface area (Å²) in [5.74, 6) is -0.708. The van der Waals surface area contributed by atoms with Gasteiger partial charge in [-0.25, -0.2) is 9.59 Å². The number of carbonyl (C=O) groups is 2. The van der Waals surface area contributed by atoms with Crippen LogP contribution in [0.3, 0.4) is 0 Å². The van der Waals surface area contributed by atoms with E-state index >= 15 is 0 Å². The Hall–Kier alpha value is -2.99. The zero-order valence-electron chi connectivity index (χ0n) is 15.2. The zero-order chi connectivity index (χ0) is 19.8. The van der Waals surface area contributed by atoms with Crippen LogP contribution in [0.1, 0.15) is 28.3 Å². The van der Waals surface area contributed by atoms with Crippen LogP contribution in [0.2, 0.25) is 5.02 Å². The molecule has 2 N–H and O–H groups in total. The van der Waals surface area contributed by atoms with Crippen LogP contribution in [0.4, 0.5) is 4.79 Å². The van der Waals surface area contributed by atoms with Gasteiger partial charge in [-0.1, -0.05) is 35.9 Å². The predicted octanol–water partition coefficient (Wildman–Crippen LogP) is 4.74. The van der Waals surface area contributed by atoms with Crippen LogP contribution in [0.15, 0.2) is 42.6 Å². The van der Waals surface area contributed by atoms with Crippen molar-refractivity contribution in [1.82, 2.24) is 9.88 Å². The molecular formula is C21H19ClN2O4. The number of carbonyl (C=O) groups excluding carboxylic acids is 1. The van der Waals surface area contributed by atoms with Gasteiger partial charge in [-0.2, -0.15) is 0 Å². The van der Waals surface area contributed by atoms with Crippen molar-refractivity contribution in [3.05, 3.63) is 58.7 Å². The number of methoxy groups -OCH3 is 1. The molecule has 7 heteroatoms. The molecule has 0 spiro atoms. The fourth-order valence-corrected chi connectivity index (χ4v) is 4.08. The number of fused-ring (bicyclic) bond motifs is 1. The van der Waals surface area contributed by atoms with E-state index in [0.29, 0.717) is 29.0 Å². The van der Waals surface area contributed by atoms with E-state index in [-0.39, 0.29) is 17.6 Å². The van der Waals surface area contributed by atoms with Gasteiger partial charge < -0.3 is 19.7 Å². The molecule has 1 atom stereocenters. The van der Waals surface area contributed by atoms with Gasteiger partial charge in [-0.05, 0) is 29.7 Å². The smallest absolute Gasteiger partial charge is 0.409 e. The summed E-state index contributed by atoms with van der Waals surface area (Å²) in [5, 5.41) is 10.5. The number of aromatic amines is 1. The number of H-pyrrole nitrogens is 1. The lowest BCUT2D eigenvalue weighted by molar-refractivity contribution is 0.0699. The van der Waals surface area contributed by atoms with E-state index in [1.54, 1.807) is 17.0 Å². The normalized spacial score (nSPS) is 16.5. The van der Waals surface area contributed by atoms with Gasteiger partial charge in [0.05, 0.1) is 17.7 Å². The molecule has 1 aromatic heterocycles. The van der Waals surface area contributed by atoms with Crippen molar-refractivity contribution < 1.29 is 19.4 Å². The van der Waals surface area contributed by atoms with E-state index in [0.717, 1.165) is 23.1 Å². The van der Waals surface area contributed by atoms with Crippen molar-refractivity contribution in [2.24, 2.45) is 0 Å². The Balaban J connectivity index is 1.62. The molecule has 0 radical (unpaired) electrons. The minimum Gasteiger partial charge on any atom is -0.478 e. The first kappa shape index (κ1) is 18.4. The molecule has 0 aliphatic carbocycles. The quantitative estimate of drug-likeness (QED) is 0.667. The highest BCUT2D eigenvalue weighted by atomic mass is 35.5. The summed E-state index contributed by atoms with van der Waals surface area (Å²) in [6.07, 6.45) is 2.08. The Bertz CT molecular complexity index is 1060. The molecule has 1 amide bonds. The van der Waals surface area contributed by atoms with Crippen LogP contribution in [-0.2, 0) is 4.74 Å². The first-order valence-corrected chi connectivity index (χ1v) is 9.33. The maximum Gasteiger partial charge on any atom is 0.409 e. The number of likely N-dealkylation sites (tertiary alicyclic amines) is 1. The number of rotatable bonds is 3. The monoisotopic (exact) mass is 398 g/mol. The molecule has 28 heavy (non-hydrogen) atoms. The van der Waals surface area contributed by atoms with E-state index in [2.05, 4.69) is 4.98 Å². The fraction of sp³-hybridized carbons (Fsp3) is 0.238. The summed E-state index contributed by atoms with van der Waals surface area (Å²) >= 11 is 6.44. The van der Waals surface area contributed by atoms with E-state index in [4.69, 9.17) is 16.3 Å². The van der Waals surface area contributed by atoms with Crippen LogP contribution in [-0.4, -0.2) is 47.3 Å². The van der Waals surface area contributed by atoms with Gasteiger partial charge in [0.15, 0.2) is 0 Å². The number of hydrogen-bond acceptors (Lipinski definition) is 3. The number of carboxylic acid groups (broad SMARTS) is 1. The third-order valence-electron chi connectivity index (χ3n) is 5.31. The Morgan fingerprint density at radius 2 is 2.00 bits per heavy atom. The highest BCUT2D eigenvalue weighted by Crippen LogP contribution is 2.35. The Morgan fingerprint density at radius 3 is 2.68 bits per heavy atom. The van der Waals surface area contributed by atoms with Crippen molar-refractivity contribution in [3.8, 4) is 11.1 Å². The second-order valence-electron chi connectivity index (χ2n) is 6.91. The van der Waals surface area contributed by atoms with Gasteiger partial charge in [0, 0.05) is 41.7 Å². The standard InChI is InChI=1S/C21H19ClN2O4/c1-28-21(27)24-7-6-14(11-24)12-2-4-13(5-3-12)15-8-16-17(20(25)26)10-23-19(16)9-18(15)22/h2-5,8-10,14,23H,6-7,11H2,1H3,(H,25,26). The lowest BCUT2D eigenvalue weighted by atomic mass is 9.95. The number of benzene rings is 2. The van der Waals surface area contributed by atoms with Crippen LogP contribution in [0.5, 0.6) is 0 Å². The molecule has 0 bridgehead atoms. The van der Waals surface area contributed by atoms with Crippen LogP contribution in [0.25, 0.3) is 22.0 Å². The van der Waals surface area contributed by atoms with Gasteiger partial charge in [0.25, 0.3) is 0 Å². The molecule has 4 rings (SSSR count). The summed E-state index contributed by atoms with van der Waals surface area (Å²) in [4.78, 5) is 27.7. The molecule has 1 fully saturated rings. The average Bonchev–Trinajstić information content (AvgIpc) is 3.34. The van der Waals surface area contributed by atoms with E-state index in [1.807, 2.05) is 24.3 Å². The minimum atomic E-state index is -0.980. The van der Waals surface area contributed by atoms with E-state index in [1.165, 1.54) is 13.3 Å². The molecular weight excluding hydrogens is 380 g/mol. The average molecular weight is 399 g/mol. The number of aromatic carboxylic acids is 1. The lowest BCUT2D eigenvalue weighted by Gasteiger charge is -2.15. The van der Waals surface area contributed by atoms with Crippen LogP contribution >= 0.6 is 11.6 Å². The second-order valence-corrected chi connectivity index (χ2v) is 7.32. The number of carboxylic acids is 1. The molecule has 1 saturated heterocycles. The number of nitrogens with one attached hydrogen (secondary N) is 1. The Labute approximate surface area is 166 Å². The van der Waals surface area contributed by atoms with Crippen molar-refractivity contribution in [2.75, 3.05) is 20.2 Å². The number of amides is 1. The number of hydrogen-bond donors (Lipinski definition) is 2. The Kier molecular flexibility index (Phi) is 4.73. The summed E-state index contributed by atoms with van der Waals surface area (Å²) < 4.78 is 4.79. The maximum atomic E-state index is 11.7. The molecule has 1 unspecified atom stereocenters. The summed E-state index contributed by atoms with van der Waals surface area (Å²) in [5.41, 5.74) is 3.76. The summed E-state index contributed by atoms with van der Waals surface area (Å²) in [6.45, 7) is 1.33. The van der Waals surface area contributed by atoms with Gasteiger partial charge in [0.2, 0.25) is 0 Å². The SMILES string of the molecule is COC(=O)N1CCC(c2ccc(-c3cc4c(C(=O)O)c[nH]c4cc3Cl)cc2)C1. The molecule has 144 valence electrons. The summed E-state index contributed by atoms with van der Waals surface area (Å²) in [7, 11) is 1.39. The first-order chi connectivity index (χ1) is 13.5. The minimum absolute atomic E-state index is 0.221. The number of halogens is 1. The molecule has 1 aliphatic heterocycles. The van der Waals surface area contributed by atoms with Crippen LogP contribution < -0.4 is 0 Å². The number of nitrogens with zero attached hydrogens (tertiary/aromatic N) is 1. The molecule has 2 aromatic carbocycles. The topological polar surface area (TPSA) is 82.6 Å². The first-order valence-electron chi connectivity index (χ1n) is 8.95. The van der Waals surface area contributed by atoms with E-state index < -0.39 is 5.97 Å². The second kappa shape index (κ2) is 7.20. The fourth-order valence-electron chi connectivity index (χ4n) is 3.80. The van der Waals surface area contributed by atoms with Crippen molar-refractivity contribution in [2.45, 2.75) is 12.3 Å². The highest BCUT2D eigenvalue weighted by molar-refractivity contribution is 6.34. The third-order valence-corrected chi connectivity index (χ3v) is 5.63. The number of aromatic nitrogens is 1. The van der Waals surface area contributed by atoms with Gasteiger partial charge >= 0.3 is 12.1 Å². The number of ether oxygens (including phenoxy) is 1. The Morgan fingerprint density at radius 1 is 1.25 bits per heavy atom. The molecule has 6 nitrogen and oxygen atoms in total. The van der Waals surface area contributed by atoms with E-state index in [9.17, 15) is 14.7 Å². The molecule has 3 aromatic rings. The zero-order valence-corrected chi connectivity index (χ0v) is 16.0.